The molecular weight excluding hydrogens is 338 g/mol. The second-order valence-corrected chi connectivity index (χ2v) is 7.20. The van der Waals surface area contributed by atoms with Gasteiger partial charge in [0.05, 0.1) is 12.8 Å². The third kappa shape index (κ3) is 3.92. The predicted octanol–water partition coefficient (Wildman–Crippen LogP) is 4.09. The van der Waals surface area contributed by atoms with Crippen LogP contribution in [-0.4, -0.2) is 31.0 Å². The number of nitrogens with one attached hydrogen (secondary N) is 1. The molecule has 0 aliphatic rings. The van der Waals surface area contributed by atoms with Gasteiger partial charge in [0, 0.05) is 43.4 Å². The molecule has 5 heteroatoms. The minimum absolute atomic E-state index is 0.0359. The molecule has 0 amide bonds. The quantitative estimate of drug-likeness (QED) is 0.716. The van der Waals surface area contributed by atoms with Gasteiger partial charge in [0.1, 0.15) is 5.75 Å². The summed E-state index contributed by atoms with van der Waals surface area (Å²) in [6.07, 6.45) is 0.573. The van der Waals surface area contributed by atoms with Crippen molar-refractivity contribution in [2.75, 3.05) is 26.1 Å². The predicted molar refractivity (Wildman–Crippen MR) is 111 cm³/mol. The van der Waals surface area contributed by atoms with E-state index in [1.807, 2.05) is 43.0 Å². The molecule has 1 aromatic heterocycles. The lowest BCUT2D eigenvalue weighted by Gasteiger charge is -2.16. The van der Waals surface area contributed by atoms with Crippen molar-refractivity contribution in [3.05, 3.63) is 70.0 Å². The highest BCUT2D eigenvalue weighted by Crippen LogP contribution is 2.28. The second kappa shape index (κ2) is 7.74. The maximum atomic E-state index is 12.7. The minimum atomic E-state index is -0.0359. The summed E-state index contributed by atoms with van der Waals surface area (Å²) in [4.78, 5) is 14.8. The van der Waals surface area contributed by atoms with Crippen LogP contribution >= 0.6 is 0 Å². The Bertz CT molecular complexity index is 949. The summed E-state index contributed by atoms with van der Waals surface area (Å²) in [7, 11) is 5.69. The van der Waals surface area contributed by atoms with E-state index in [-0.39, 0.29) is 11.6 Å². The van der Waals surface area contributed by atoms with Crippen LogP contribution in [0.25, 0.3) is 11.3 Å². The largest absolute Gasteiger partial charge is 0.497 e. The number of ether oxygens (including phenoxy) is 1. The van der Waals surface area contributed by atoms with Crippen molar-refractivity contribution in [1.29, 1.82) is 0 Å². The molecule has 27 heavy (non-hydrogen) atoms. The van der Waals surface area contributed by atoms with Crippen LogP contribution in [0.2, 0.25) is 0 Å². The van der Waals surface area contributed by atoms with Crippen molar-refractivity contribution in [3.63, 3.8) is 0 Å². The fourth-order valence-corrected chi connectivity index (χ4v) is 3.22. The van der Waals surface area contributed by atoms with Crippen molar-refractivity contribution in [1.82, 2.24) is 9.78 Å². The summed E-state index contributed by atoms with van der Waals surface area (Å²) < 4.78 is 7.19. The van der Waals surface area contributed by atoms with Crippen LogP contribution in [0.3, 0.4) is 0 Å². The van der Waals surface area contributed by atoms with E-state index in [0.717, 1.165) is 33.8 Å². The fourth-order valence-electron chi connectivity index (χ4n) is 3.22. The number of hydrogen-bond donors (Lipinski definition) is 1. The molecule has 0 atom stereocenters. The lowest BCUT2D eigenvalue weighted by molar-refractivity contribution is 0.414. The average molecular weight is 365 g/mol. The van der Waals surface area contributed by atoms with Crippen LogP contribution < -0.4 is 15.2 Å². The summed E-state index contributed by atoms with van der Waals surface area (Å²) in [5, 5.41) is 3.02. The van der Waals surface area contributed by atoms with Crippen molar-refractivity contribution < 1.29 is 4.74 Å². The summed E-state index contributed by atoms with van der Waals surface area (Å²) in [6.45, 7) is 4.15. The maximum absolute atomic E-state index is 12.7. The minimum Gasteiger partial charge on any atom is -0.497 e. The Morgan fingerprint density at radius 3 is 2.19 bits per heavy atom. The van der Waals surface area contributed by atoms with E-state index in [2.05, 4.69) is 48.1 Å². The van der Waals surface area contributed by atoms with Gasteiger partial charge in [-0.25, -0.2) is 0 Å². The molecule has 3 aromatic rings. The zero-order valence-corrected chi connectivity index (χ0v) is 16.6. The molecular formula is C22H27N3O2. The van der Waals surface area contributed by atoms with Crippen LogP contribution in [0.15, 0.2) is 53.3 Å². The van der Waals surface area contributed by atoms with E-state index in [0.29, 0.717) is 6.42 Å². The molecule has 0 spiro atoms. The monoisotopic (exact) mass is 365 g/mol. The first kappa shape index (κ1) is 18.8. The molecule has 0 bridgehead atoms. The third-order valence-electron chi connectivity index (χ3n) is 4.74. The van der Waals surface area contributed by atoms with Gasteiger partial charge in [-0.2, -0.15) is 0 Å². The third-order valence-corrected chi connectivity index (χ3v) is 4.74. The van der Waals surface area contributed by atoms with E-state index in [9.17, 15) is 4.79 Å². The van der Waals surface area contributed by atoms with E-state index < -0.39 is 0 Å². The van der Waals surface area contributed by atoms with Gasteiger partial charge in [0.2, 0.25) is 0 Å². The van der Waals surface area contributed by atoms with E-state index >= 15 is 0 Å². The number of H-pyrrole nitrogens is 1. The number of methoxy groups -OCH3 is 1. The van der Waals surface area contributed by atoms with Gasteiger partial charge in [-0.15, -0.1) is 0 Å². The highest BCUT2D eigenvalue weighted by atomic mass is 16.5. The smallest absolute Gasteiger partial charge is 0.268 e. The summed E-state index contributed by atoms with van der Waals surface area (Å²) >= 11 is 0. The van der Waals surface area contributed by atoms with Crippen LogP contribution in [0, 0.1) is 0 Å². The summed E-state index contributed by atoms with van der Waals surface area (Å²) in [6, 6.07) is 16.3. The van der Waals surface area contributed by atoms with E-state index in [4.69, 9.17) is 4.74 Å². The van der Waals surface area contributed by atoms with Crippen LogP contribution in [0.5, 0.6) is 5.75 Å². The van der Waals surface area contributed by atoms with Crippen LogP contribution in [0.4, 0.5) is 5.69 Å². The van der Waals surface area contributed by atoms with Crippen molar-refractivity contribution in [2.45, 2.75) is 26.3 Å². The zero-order valence-electron chi connectivity index (χ0n) is 16.6. The molecule has 0 unspecified atom stereocenters. The highest BCUT2D eigenvalue weighted by Gasteiger charge is 2.19. The Morgan fingerprint density at radius 1 is 1.04 bits per heavy atom. The van der Waals surface area contributed by atoms with Crippen LogP contribution in [0.1, 0.15) is 31.0 Å². The fraction of sp³-hybridized carbons (Fsp3) is 0.318. The van der Waals surface area contributed by atoms with Crippen molar-refractivity contribution in [2.24, 2.45) is 0 Å². The van der Waals surface area contributed by atoms with Crippen molar-refractivity contribution in [3.8, 4) is 17.0 Å². The average Bonchev–Trinajstić information content (AvgIpc) is 2.99. The standard InChI is InChI=1S/C22H27N3O2/c1-15(2)25-21(17-8-10-18(11-9-17)24(3)4)20(22(26)23-25)14-16-6-12-19(27-5)13-7-16/h6-13,15H,14H2,1-5H3,(H,23,26). The second-order valence-electron chi connectivity index (χ2n) is 7.20. The molecule has 142 valence electrons. The Kier molecular flexibility index (Phi) is 5.40. The first-order valence-corrected chi connectivity index (χ1v) is 9.14. The molecule has 5 nitrogen and oxygen atoms in total. The Hall–Kier alpha value is -2.95. The molecule has 1 N–H and O–H groups in total. The normalized spacial score (nSPS) is 11.0. The lowest BCUT2D eigenvalue weighted by Crippen LogP contribution is -2.09. The molecule has 0 fully saturated rings. The molecule has 0 saturated heterocycles. The number of anilines is 1. The van der Waals surface area contributed by atoms with Gasteiger partial charge in [-0.3, -0.25) is 14.6 Å². The number of aromatic nitrogens is 2. The number of rotatable bonds is 6. The topological polar surface area (TPSA) is 50.3 Å². The van der Waals surface area contributed by atoms with Gasteiger partial charge < -0.3 is 9.64 Å². The molecule has 1 heterocycles. The number of benzene rings is 2. The van der Waals surface area contributed by atoms with E-state index in [1.165, 1.54) is 0 Å². The Balaban J connectivity index is 2.06. The molecule has 0 aliphatic heterocycles. The molecule has 3 rings (SSSR count). The number of hydrogen-bond acceptors (Lipinski definition) is 3. The molecule has 2 aromatic carbocycles. The Labute approximate surface area is 160 Å². The highest BCUT2D eigenvalue weighted by molar-refractivity contribution is 5.67. The van der Waals surface area contributed by atoms with E-state index in [1.54, 1.807) is 7.11 Å². The first-order valence-electron chi connectivity index (χ1n) is 9.14. The van der Waals surface area contributed by atoms with Gasteiger partial charge in [0.15, 0.2) is 0 Å². The van der Waals surface area contributed by atoms with Gasteiger partial charge in [-0.1, -0.05) is 24.3 Å². The van der Waals surface area contributed by atoms with Gasteiger partial charge >= 0.3 is 0 Å². The molecule has 0 radical (unpaired) electrons. The number of nitrogens with zero attached hydrogens (tertiary/aromatic N) is 2. The van der Waals surface area contributed by atoms with Crippen molar-refractivity contribution >= 4 is 5.69 Å². The Morgan fingerprint density at radius 2 is 1.67 bits per heavy atom. The SMILES string of the molecule is COc1ccc(Cc2c(-c3ccc(N(C)C)cc3)n(C(C)C)[nH]c2=O)cc1. The van der Waals surface area contributed by atoms with Gasteiger partial charge in [0.25, 0.3) is 5.56 Å². The molecule has 0 aliphatic carbocycles. The molecule has 0 saturated carbocycles. The first-order chi connectivity index (χ1) is 12.9. The summed E-state index contributed by atoms with van der Waals surface area (Å²) in [5.41, 5.74) is 4.95. The van der Waals surface area contributed by atoms with Gasteiger partial charge in [-0.05, 0) is 43.7 Å². The maximum Gasteiger partial charge on any atom is 0.268 e. The zero-order chi connectivity index (χ0) is 19.6. The summed E-state index contributed by atoms with van der Waals surface area (Å²) in [5.74, 6) is 0.812. The lowest BCUT2D eigenvalue weighted by atomic mass is 10.0. The van der Waals surface area contributed by atoms with Crippen LogP contribution in [-0.2, 0) is 6.42 Å². The number of aromatic amines is 1.